The third kappa shape index (κ3) is 4.73. The Kier molecular flexibility index (Phi) is 5.56. The maximum absolute atomic E-state index is 12.8. The highest BCUT2D eigenvalue weighted by Gasteiger charge is 2.34. The van der Waals surface area contributed by atoms with Gasteiger partial charge in [0.05, 0.1) is 12.1 Å². The molecule has 1 aromatic heterocycles. The molecule has 0 fully saturated rings. The molecule has 26 heavy (non-hydrogen) atoms. The van der Waals surface area contributed by atoms with Crippen LogP contribution in [-0.2, 0) is 16.2 Å². The number of nitrogens with zero attached hydrogens (tertiary/aromatic N) is 2. The molecule has 0 saturated carbocycles. The first-order valence-corrected chi connectivity index (χ1v) is 8.47. The molecule has 0 aliphatic heterocycles. The third-order valence-electron chi connectivity index (χ3n) is 2.78. The molecular weight excluding hydrogens is 401 g/mol. The van der Waals surface area contributed by atoms with Crippen molar-refractivity contribution < 1.29 is 31.1 Å². The summed E-state index contributed by atoms with van der Waals surface area (Å²) in [6, 6.07) is 4.41. The first-order valence-electron chi connectivity index (χ1n) is 6.61. The molecule has 1 heterocycles. The van der Waals surface area contributed by atoms with E-state index in [9.17, 15) is 26.4 Å². The second-order valence-electron chi connectivity index (χ2n) is 4.61. The Bertz CT molecular complexity index is 937. The average Bonchev–Trinajstić information content (AvgIpc) is 2.53. The van der Waals surface area contributed by atoms with E-state index in [1.54, 1.807) is 10.0 Å². The number of methoxy groups -OCH3 is 1. The Morgan fingerprint density at radius 3 is 2.46 bits per heavy atom. The third-order valence-corrected chi connectivity index (χ3v) is 4.61. The van der Waals surface area contributed by atoms with Crippen LogP contribution in [0.4, 0.5) is 23.9 Å². The summed E-state index contributed by atoms with van der Waals surface area (Å²) in [6.07, 6.45) is -4.83. The summed E-state index contributed by atoms with van der Waals surface area (Å²) >= 11 is 5.75. The molecule has 0 aliphatic carbocycles. The summed E-state index contributed by atoms with van der Waals surface area (Å²) in [6.45, 7) is 0. The van der Waals surface area contributed by atoms with Crippen molar-refractivity contribution in [2.24, 2.45) is 0 Å². The van der Waals surface area contributed by atoms with Gasteiger partial charge in [-0.2, -0.15) is 18.2 Å². The highest BCUT2D eigenvalue weighted by molar-refractivity contribution is 7.90. The van der Waals surface area contributed by atoms with Gasteiger partial charge in [0.2, 0.25) is 11.8 Å². The van der Waals surface area contributed by atoms with Crippen LogP contribution in [0.1, 0.15) is 5.69 Å². The van der Waals surface area contributed by atoms with E-state index in [1.807, 2.05) is 0 Å². The fraction of sp³-hybridized carbons (Fsp3) is 0.154. The molecule has 0 aliphatic rings. The lowest BCUT2D eigenvalue weighted by molar-refractivity contribution is -0.141. The summed E-state index contributed by atoms with van der Waals surface area (Å²) in [4.78, 5) is 18.0. The van der Waals surface area contributed by atoms with Crippen molar-refractivity contribution in [1.82, 2.24) is 14.7 Å². The Labute approximate surface area is 150 Å². The zero-order chi connectivity index (χ0) is 19.5. The number of hydrogen-bond acceptors (Lipinski definition) is 6. The number of hydrogen-bond donors (Lipinski definition) is 2. The lowest BCUT2D eigenvalue weighted by Gasteiger charge is -2.11. The quantitative estimate of drug-likeness (QED) is 0.801. The van der Waals surface area contributed by atoms with Crippen molar-refractivity contribution in [2.45, 2.75) is 11.1 Å². The molecule has 2 rings (SSSR count). The molecule has 1 aromatic carbocycles. The van der Waals surface area contributed by atoms with Crippen LogP contribution >= 0.6 is 11.6 Å². The molecule has 2 amide bonds. The number of amides is 2. The lowest BCUT2D eigenvalue weighted by Crippen LogP contribution is -2.35. The lowest BCUT2D eigenvalue weighted by atomic mass is 10.4. The number of rotatable bonds is 4. The number of aromatic nitrogens is 2. The number of alkyl halides is 3. The Morgan fingerprint density at radius 2 is 1.88 bits per heavy atom. The minimum atomic E-state index is -4.83. The fourth-order valence-corrected chi connectivity index (χ4v) is 3.13. The van der Waals surface area contributed by atoms with Crippen LogP contribution in [0, 0.1) is 0 Å². The Hall–Kier alpha value is -2.60. The molecule has 0 bridgehead atoms. The number of carbonyl (C=O) groups excluding carboxylic acids is 1. The minimum Gasteiger partial charge on any atom is -0.481 e. The maximum atomic E-state index is 12.8. The first-order chi connectivity index (χ1) is 12.0. The molecule has 0 saturated heterocycles. The highest BCUT2D eigenvalue weighted by Crippen LogP contribution is 2.30. The van der Waals surface area contributed by atoms with Crippen molar-refractivity contribution in [3.63, 3.8) is 0 Å². The van der Waals surface area contributed by atoms with Gasteiger partial charge in [-0.15, -0.1) is 0 Å². The smallest absolute Gasteiger partial charge is 0.433 e. The highest BCUT2D eigenvalue weighted by atomic mass is 35.5. The summed E-state index contributed by atoms with van der Waals surface area (Å²) in [5, 5.41) is 1.65. The summed E-state index contributed by atoms with van der Waals surface area (Å²) in [5.41, 5.74) is -1.38. The van der Waals surface area contributed by atoms with Crippen LogP contribution in [-0.4, -0.2) is 31.5 Å². The van der Waals surface area contributed by atoms with Crippen molar-refractivity contribution >= 4 is 33.6 Å². The average molecular weight is 411 g/mol. The van der Waals surface area contributed by atoms with Crippen molar-refractivity contribution in [1.29, 1.82) is 0 Å². The van der Waals surface area contributed by atoms with Crippen molar-refractivity contribution in [3.05, 3.63) is 41.0 Å². The number of urea groups is 1. The van der Waals surface area contributed by atoms with Gasteiger partial charge in [-0.25, -0.2) is 22.9 Å². The van der Waals surface area contributed by atoms with Gasteiger partial charge < -0.3 is 4.74 Å². The van der Waals surface area contributed by atoms with Crippen LogP contribution in [0.25, 0.3) is 0 Å². The van der Waals surface area contributed by atoms with Gasteiger partial charge in [-0.05, 0) is 12.1 Å². The van der Waals surface area contributed by atoms with Crippen molar-refractivity contribution in [2.75, 3.05) is 12.4 Å². The second kappa shape index (κ2) is 7.33. The van der Waals surface area contributed by atoms with Gasteiger partial charge in [-0.3, -0.25) is 5.32 Å². The van der Waals surface area contributed by atoms with Crippen LogP contribution in [0.5, 0.6) is 5.88 Å². The van der Waals surface area contributed by atoms with Gasteiger partial charge >= 0.3 is 12.2 Å². The zero-order valence-corrected chi connectivity index (χ0v) is 14.4. The molecule has 2 N–H and O–H groups in total. The largest absolute Gasteiger partial charge is 0.481 e. The number of anilines is 1. The summed E-state index contributed by atoms with van der Waals surface area (Å²) < 4.78 is 68.7. The molecule has 8 nitrogen and oxygen atoms in total. The van der Waals surface area contributed by atoms with Gasteiger partial charge in [0.25, 0.3) is 10.0 Å². The number of sulfonamides is 1. The molecule has 2 aromatic rings. The van der Waals surface area contributed by atoms with Gasteiger partial charge in [0, 0.05) is 6.07 Å². The van der Waals surface area contributed by atoms with Crippen LogP contribution in [0.2, 0.25) is 5.02 Å². The Balaban J connectivity index is 2.24. The van der Waals surface area contributed by atoms with E-state index in [2.05, 4.69) is 14.7 Å². The molecule has 140 valence electrons. The summed E-state index contributed by atoms with van der Waals surface area (Å²) in [7, 11) is -3.30. The standard InChI is InChI=1S/C13H10ClF3N4O4S/c1-25-10-6-9(13(15,16)17)18-11(19-10)20-12(22)21-26(23,24)8-5-3-2-4-7(8)14/h2-6H,1H3,(H2,18,19,20,21,22). The molecular formula is C13H10ClF3N4O4S. The van der Waals surface area contributed by atoms with Gasteiger partial charge in [0.15, 0.2) is 5.69 Å². The van der Waals surface area contributed by atoms with Crippen LogP contribution < -0.4 is 14.8 Å². The van der Waals surface area contributed by atoms with E-state index in [1.165, 1.54) is 18.2 Å². The number of halogens is 4. The normalized spacial score (nSPS) is 11.7. The van der Waals surface area contributed by atoms with E-state index in [0.717, 1.165) is 13.2 Å². The molecule has 0 radical (unpaired) electrons. The SMILES string of the molecule is COc1cc(C(F)(F)F)nc(NC(=O)NS(=O)(=O)c2ccccc2Cl)n1. The number of benzene rings is 1. The Morgan fingerprint density at radius 1 is 1.23 bits per heavy atom. The monoisotopic (exact) mass is 410 g/mol. The first kappa shape index (κ1) is 19.7. The van der Waals surface area contributed by atoms with Crippen molar-refractivity contribution in [3.8, 4) is 5.88 Å². The topological polar surface area (TPSA) is 110 Å². The molecule has 13 heteroatoms. The predicted octanol–water partition coefficient (Wildman–Crippen LogP) is 2.67. The van der Waals surface area contributed by atoms with E-state index < -0.39 is 39.8 Å². The van der Waals surface area contributed by atoms with E-state index in [-0.39, 0.29) is 9.92 Å². The van der Waals surface area contributed by atoms with E-state index in [4.69, 9.17) is 11.6 Å². The molecule has 0 unspecified atom stereocenters. The fourth-order valence-electron chi connectivity index (χ4n) is 1.70. The van der Waals surface area contributed by atoms with Gasteiger partial charge in [-0.1, -0.05) is 23.7 Å². The number of carbonyl (C=O) groups is 1. The minimum absolute atomic E-state index is 0.148. The van der Waals surface area contributed by atoms with Crippen LogP contribution in [0.3, 0.4) is 0 Å². The number of ether oxygens (including phenoxy) is 1. The van der Waals surface area contributed by atoms with Crippen LogP contribution in [0.15, 0.2) is 35.2 Å². The number of nitrogens with one attached hydrogen (secondary N) is 2. The van der Waals surface area contributed by atoms with Gasteiger partial charge in [0.1, 0.15) is 4.90 Å². The molecule has 0 spiro atoms. The maximum Gasteiger partial charge on any atom is 0.433 e. The summed E-state index contributed by atoms with van der Waals surface area (Å²) in [5.74, 6) is -1.28. The van der Waals surface area contributed by atoms with E-state index >= 15 is 0 Å². The zero-order valence-electron chi connectivity index (χ0n) is 12.8. The molecule has 0 atom stereocenters. The predicted molar refractivity (Wildman–Crippen MR) is 84.4 cm³/mol. The van der Waals surface area contributed by atoms with E-state index in [0.29, 0.717) is 6.07 Å². The second-order valence-corrected chi connectivity index (χ2v) is 6.66.